The van der Waals surface area contributed by atoms with Crippen molar-refractivity contribution < 1.29 is 9.59 Å². The third-order valence-electron chi connectivity index (χ3n) is 4.79. The van der Waals surface area contributed by atoms with Crippen LogP contribution in [-0.4, -0.2) is 33.8 Å². The molecule has 0 unspecified atom stereocenters. The van der Waals surface area contributed by atoms with Gasteiger partial charge in [-0.15, -0.1) is 10.2 Å². The Balaban J connectivity index is 1.86. The number of benzene rings is 2. The molecule has 0 spiro atoms. The number of amidine groups is 2. The van der Waals surface area contributed by atoms with Crippen LogP contribution in [0.3, 0.4) is 0 Å². The Morgan fingerprint density at radius 2 is 1.16 bits per heavy atom. The Labute approximate surface area is 189 Å². The molecule has 0 bridgehead atoms. The second-order valence-corrected chi connectivity index (χ2v) is 7.76. The van der Waals surface area contributed by atoms with Crippen molar-refractivity contribution in [2.75, 3.05) is 10.6 Å². The largest absolute Gasteiger partial charge is 0.348 e. The van der Waals surface area contributed by atoms with Gasteiger partial charge < -0.3 is 10.6 Å². The molecule has 0 radical (unpaired) electrons. The summed E-state index contributed by atoms with van der Waals surface area (Å²) < 4.78 is 0. The first-order valence-electron chi connectivity index (χ1n) is 10.9. The van der Waals surface area contributed by atoms with E-state index in [1.54, 1.807) is 0 Å². The zero-order valence-electron chi connectivity index (χ0n) is 19.1. The van der Waals surface area contributed by atoms with Crippen molar-refractivity contribution in [3.8, 4) is 0 Å². The van der Waals surface area contributed by atoms with E-state index in [0.717, 1.165) is 24.0 Å². The highest BCUT2D eigenvalue weighted by molar-refractivity contribution is 6.10. The Hall–Kier alpha value is -3.68. The van der Waals surface area contributed by atoms with E-state index in [1.165, 1.54) is 10.0 Å². The molecule has 4 amide bonds. The molecule has 1 aliphatic rings. The summed E-state index contributed by atoms with van der Waals surface area (Å²) in [6.45, 7) is 7.90. The van der Waals surface area contributed by atoms with Gasteiger partial charge in [0.15, 0.2) is 11.7 Å². The van der Waals surface area contributed by atoms with Crippen LogP contribution in [0.5, 0.6) is 0 Å². The van der Waals surface area contributed by atoms with E-state index in [0.29, 0.717) is 35.9 Å². The smallest absolute Gasteiger partial charge is 0.306 e. The first-order valence-corrected chi connectivity index (χ1v) is 10.9. The van der Waals surface area contributed by atoms with Gasteiger partial charge >= 0.3 is 12.1 Å². The van der Waals surface area contributed by atoms with Crippen LogP contribution in [0.1, 0.15) is 50.7 Å². The number of urea groups is 2. The van der Waals surface area contributed by atoms with Gasteiger partial charge in [0.1, 0.15) is 0 Å². The zero-order valence-corrected chi connectivity index (χ0v) is 19.1. The van der Waals surface area contributed by atoms with Crippen molar-refractivity contribution in [2.45, 2.75) is 53.4 Å². The lowest BCUT2D eigenvalue weighted by Gasteiger charge is -2.30. The zero-order chi connectivity index (χ0) is 23.1. The SMILES string of the molecule is CCCC1=NN(C(=O)Nc2cccc(C)c2)C(CCC)=NN1C(=O)Nc1cccc(C)c1. The van der Waals surface area contributed by atoms with Gasteiger partial charge in [-0.2, -0.15) is 10.0 Å². The van der Waals surface area contributed by atoms with Crippen LogP contribution in [0.15, 0.2) is 58.7 Å². The van der Waals surface area contributed by atoms with Gasteiger partial charge in [0, 0.05) is 24.2 Å². The van der Waals surface area contributed by atoms with Gasteiger partial charge in [-0.1, -0.05) is 38.1 Å². The quantitative estimate of drug-likeness (QED) is 0.592. The Morgan fingerprint density at radius 1 is 0.750 bits per heavy atom. The molecule has 3 rings (SSSR count). The number of aryl methyl sites for hydroxylation is 2. The van der Waals surface area contributed by atoms with E-state index < -0.39 is 12.1 Å². The van der Waals surface area contributed by atoms with Gasteiger partial charge in [-0.05, 0) is 62.1 Å². The lowest BCUT2D eigenvalue weighted by Crippen LogP contribution is -2.47. The van der Waals surface area contributed by atoms with Crippen LogP contribution in [0, 0.1) is 13.8 Å². The molecule has 32 heavy (non-hydrogen) atoms. The third-order valence-corrected chi connectivity index (χ3v) is 4.79. The Morgan fingerprint density at radius 3 is 1.50 bits per heavy atom. The normalized spacial score (nSPS) is 13.4. The maximum absolute atomic E-state index is 13.0. The molecule has 0 aromatic heterocycles. The second-order valence-electron chi connectivity index (χ2n) is 7.76. The highest BCUT2D eigenvalue weighted by atomic mass is 16.2. The maximum atomic E-state index is 13.0. The van der Waals surface area contributed by atoms with Crippen molar-refractivity contribution in [3.63, 3.8) is 0 Å². The summed E-state index contributed by atoms with van der Waals surface area (Å²) in [5.41, 5.74) is 3.44. The van der Waals surface area contributed by atoms with Crippen molar-refractivity contribution in [2.24, 2.45) is 10.2 Å². The number of rotatable bonds is 6. The molecule has 0 atom stereocenters. The van der Waals surface area contributed by atoms with E-state index in [2.05, 4.69) is 20.8 Å². The number of hydrogen-bond acceptors (Lipinski definition) is 4. The number of nitrogens with one attached hydrogen (secondary N) is 2. The maximum Gasteiger partial charge on any atom is 0.348 e. The highest BCUT2D eigenvalue weighted by Crippen LogP contribution is 2.19. The van der Waals surface area contributed by atoms with E-state index in [-0.39, 0.29) is 0 Å². The molecule has 0 fully saturated rings. The van der Waals surface area contributed by atoms with Crippen molar-refractivity contribution in [1.82, 2.24) is 10.0 Å². The second kappa shape index (κ2) is 10.6. The van der Waals surface area contributed by atoms with Crippen molar-refractivity contribution >= 4 is 35.1 Å². The molecule has 8 nitrogen and oxygen atoms in total. The number of amides is 4. The van der Waals surface area contributed by atoms with Crippen molar-refractivity contribution in [3.05, 3.63) is 59.7 Å². The first-order chi connectivity index (χ1) is 15.4. The number of anilines is 2. The third kappa shape index (κ3) is 5.72. The molecule has 0 saturated carbocycles. The first kappa shape index (κ1) is 23.0. The van der Waals surface area contributed by atoms with Crippen LogP contribution in [0.2, 0.25) is 0 Å². The van der Waals surface area contributed by atoms with Crippen LogP contribution >= 0.6 is 0 Å². The topological polar surface area (TPSA) is 89.4 Å². The minimum absolute atomic E-state index is 0.407. The molecule has 0 saturated heterocycles. The summed E-state index contributed by atoms with van der Waals surface area (Å²) in [4.78, 5) is 26.1. The van der Waals surface area contributed by atoms with Gasteiger partial charge in [0.05, 0.1) is 0 Å². The highest BCUT2D eigenvalue weighted by Gasteiger charge is 2.30. The summed E-state index contributed by atoms with van der Waals surface area (Å²) in [6, 6.07) is 14.3. The summed E-state index contributed by atoms with van der Waals surface area (Å²) in [7, 11) is 0. The fraction of sp³-hybridized carbons (Fsp3) is 0.333. The van der Waals surface area contributed by atoms with Gasteiger partial charge in [-0.3, -0.25) is 0 Å². The molecule has 2 aromatic carbocycles. The molecule has 1 heterocycles. The van der Waals surface area contributed by atoms with Crippen LogP contribution in [0.4, 0.5) is 21.0 Å². The summed E-state index contributed by atoms with van der Waals surface area (Å²) in [5, 5.41) is 17.3. The number of hydrazone groups is 2. The van der Waals surface area contributed by atoms with E-state index >= 15 is 0 Å². The lowest BCUT2D eigenvalue weighted by atomic mass is 10.2. The predicted octanol–water partition coefficient (Wildman–Crippen LogP) is 5.91. The molecule has 2 aromatic rings. The fourth-order valence-corrected chi connectivity index (χ4v) is 3.31. The number of hydrogen-bond donors (Lipinski definition) is 2. The van der Waals surface area contributed by atoms with Crippen LogP contribution in [0.25, 0.3) is 0 Å². The Kier molecular flexibility index (Phi) is 7.59. The molecule has 1 aliphatic heterocycles. The standard InChI is InChI=1S/C24H30N6O2/c1-5-9-21-27-30(24(32)26-20-14-8-12-18(4)16-20)22(10-6-2)28-29(21)23(31)25-19-13-7-11-17(3)15-19/h7-8,11-16H,5-6,9-10H2,1-4H3,(H,25,31)(H,26,32). The minimum atomic E-state index is -0.407. The van der Waals surface area contributed by atoms with E-state index in [1.807, 2.05) is 76.2 Å². The Bertz CT molecular complexity index is 963. The van der Waals surface area contributed by atoms with E-state index in [4.69, 9.17) is 0 Å². The minimum Gasteiger partial charge on any atom is -0.306 e. The molecule has 168 valence electrons. The summed E-state index contributed by atoms with van der Waals surface area (Å²) in [5.74, 6) is 0.828. The average Bonchev–Trinajstić information content (AvgIpc) is 2.74. The van der Waals surface area contributed by atoms with Crippen LogP contribution in [-0.2, 0) is 0 Å². The summed E-state index contributed by atoms with van der Waals surface area (Å²) in [6.07, 6.45) is 2.49. The fourth-order valence-electron chi connectivity index (χ4n) is 3.31. The molecule has 8 heteroatoms. The average molecular weight is 435 g/mol. The molecule has 2 N–H and O–H groups in total. The predicted molar refractivity (Wildman–Crippen MR) is 129 cm³/mol. The lowest BCUT2D eigenvalue weighted by molar-refractivity contribution is 0.222. The van der Waals surface area contributed by atoms with Gasteiger partial charge in [0.2, 0.25) is 0 Å². The summed E-state index contributed by atoms with van der Waals surface area (Å²) >= 11 is 0. The van der Waals surface area contributed by atoms with E-state index in [9.17, 15) is 9.59 Å². The van der Waals surface area contributed by atoms with Crippen molar-refractivity contribution in [1.29, 1.82) is 0 Å². The molecule has 0 aliphatic carbocycles. The van der Waals surface area contributed by atoms with Gasteiger partial charge in [0.25, 0.3) is 0 Å². The number of carbonyl (C=O) groups is 2. The monoisotopic (exact) mass is 434 g/mol. The molecular formula is C24H30N6O2. The number of carbonyl (C=O) groups excluding carboxylic acids is 2. The van der Waals surface area contributed by atoms with Gasteiger partial charge in [-0.25, -0.2) is 9.59 Å². The van der Waals surface area contributed by atoms with Crippen LogP contribution < -0.4 is 10.6 Å². The number of nitrogens with zero attached hydrogens (tertiary/aromatic N) is 4. The molecular weight excluding hydrogens is 404 g/mol.